The van der Waals surface area contributed by atoms with Crippen molar-refractivity contribution in [3.63, 3.8) is 0 Å². The molecule has 4 heterocycles. The van der Waals surface area contributed by atoms with Crippen molar-refractivity contribution < 1.29 is 19.1 Å². The zero-order valence-electron chi connectivity index (χ0n) is 26.8. The van der Waals surface area contributed by atoms with E-state index in [4.69, 9.17) is 14.1 Å². The first-order chi connectivity index (χ1) is 21.8. The number of benzene rings is 1. The van der Waals surface area contributed by atoms with Gasteiger partial charge in [0.1, 0.15) is 24.0 Å². The number of hydrogen-bond acceptors (Lipinski definition) is 10. The summed E-state index contributed by atoms with van der Waals surface area (Å²) in [6.45, 7) is 12.7. The van der Waals surface area contributed by atoms with Gasteiger partial charge in [-0.05, 0) is 81.8 Å². The predicted molar refractivity (Wildman–Crippen MR) is 174 cm³/mol. The van der Waals surface area contributed by atoms with Crippen LogP contribution >= 0.6 is 0 Å². The van der Waals surface area contributed by atoms with Gasteiger partial charge in [-0.1, -0.05) is 6.07 Å². The van der Waals surface area contributed by atoms with Gasteiger partial charge in [0, 0.05) is 70.0 Å². The second kappa shape index (κ2) is 14.2. The predicted octanol–water partition coefficient (Wildman–Crippen LogP) is 3.60. The molecule has 242 valence electrons. The van der Waals surface area contributed by atoms with Gasteiger partial charge in [0.05, 0.1) is 11.8 Å². The Balaban J connectivity index is 1.02. The Morgan fingerprint density at radius 1 is 1.11 bits per heavy atom. The summed E-state index contributed by atoms with van der Waals surface area (Å²) in [7, 11) is 0. The molecule has 11 nitrogen and oxygen atoms in total. The fourth-order valence-electron chi connectivity index (χ4n) is 6.23. The fourth-order valence-corrected chi connectivity index (χ4v) is 6.23. The Kier molecular flexibility index (Phi) is 9.87. The second-order valence-corrected chi connectivity index (χ2v) is 12.9. The van der Waals surface area contributed by atoms with Crippen molar-refractivity contribution in [3.05, 3.63) is 64.9 Å². The van der Waals surface area contributed by atoms with Crippen molar-refractivity contribution in [2.24, 2.45) is 0 Å². The lowest BCUT2D eigenvalue weighted by Gasteiger charge is -2.37. The third-order valence-corrected chi connectivity index (χ3v) is 9.35. The van der Waals surface area contributed by atoms with E-state index in [1.165, 1.54) is 23.9 Å². The van der Waals surface area contributed by atoms with E-state index in [2.05, 4.69) is 56.3 Å². The number of nitrogens with one attached hydrogen (secondary N) is 2. The highest BCUT2D eigenvalue weighted by atomic mass is 16.5. The monoisotopic (exact) mass is 617 g/mol. The molecule has 11 heteroatoms. The van der Waals surface area contributed by atoms with Crippen LogP contribution in [-0.4, -0.2) is 94.8 Å². The zero-order valence-corrected chi connectivity index (χ0v) is 26.8. The lowest BCUT2D eigenvalue weighted by molar-refractivity contribution is 0.0841. The number of aliphatic hydroxyl groups is 1. The number of hydrogen-bond donors (Lipinski definition) is 3. The molecule has 1 saturated heterocycles. The summed E-state index contributed by atoms with van der Waals surface area (Å²) in [5.74, 6) is 2.94. The van der Waals surface area contributed by atoms with Crippen molar-refractivity contribution in [3.8, 4) is 5.75 Å². The number of ether oxygens (including phenoxy) is 1. The van der Waals surface area contributed by atoms with E-state index in [0.717, 1.165) is 87.4 Å². The van der Waals surface area contributed by atoms with Crippen LogP contribution in [0.5, 0.6) is 5.75 Å². The summed E-state index contributed by atoms with van der Waals surface area (Å²) < 4.78 is 11.3. The van der Waals surface area contributed by atoms with Crippen molar-refractivity contribution in [1.29, 1.82) is 0 Å². The maximum Gasteiger partial charge on any atom is 0.251 e. The standard InChI is InChI=1S/C34H47N7O4/c1-23(2)40-11-13-41(14-12-40)33-17-27(16-32(38-33)37-28-5-4-6-28)34(43)35-18-29(42)20-39-10-9-25-15-30(8-7-26(25)19-39)44-21-31-24(3)36-22-45-31/h7-8,15-17,22-23,28-29,42H,4-6,9-14,18-21H2,1-3H3,(H,35,43)(H,37,38). The minimum absolute atomic E-state index is 0.187. The minimum Gasteiger partial charge on any atom is -0.486 e. The lowest BCUT2D eigenvalue weighted by Crippen LogP contribution is -2.49. The number of β-amino-alcohol motifs (C(OH)–C–C–N with tert-alkyl or cyclic N) is 1. The molecule has 2 fully saturated rings. The van der Waals surface area contributed by atoms with E-state index < -0.39 is 6.10 Å². The Hall–Kier alpha value is -3.67. The van der Waals surface area contributed by atoms with E-state index >= 15 is 0 Å². The number of carbonyl (C=O) groups excluding carboxylic acids is 1. The molecule has 1 atom stereocenters. The molecule has 3 aliphatic rings. The SMILES string of the molecule is Cc1ncoc1COc1ccc2c(c1)CCN(CC(O)CNC(=O)c1cc(NC3CCC3)nc(N3CCN(C(C)C)CC3)c1)C2. The highest BCUT2D eigenvalue weighted by Crippen LogP contribution is 2.27. The van der Waals surface area contributed by atoms with E-state index in [-0.39, 0.29) is 12.5 Å². The summed E-state index contributed by atoms with van der Waals surface area (Å²) in [6, 6.07) is 10.8. The number of carbonyl (C=O) groups is 1. The largest absolute Gasteiger partial charge is 0.486 e. The highest BCUT2D eigenvalue weighted by Gasteiger charge is 2.24. The third kappa shape index (κ3) is 7.95. The van der Waals surface area contributed by atoms with Gasteiger partial charge in [-0.25, -0.2) is 9.97 Å². The van der Waals surface area contributed by atoms with Gasteiger partial charge < -0.3 is 29.8 Å². The van der Waals surface area contributed by atoms with Gasteiger partial charge in [0.2, 0.25) is 0 Å². The van der Waals surface area contributed by atoms with Crippen LogP contribution in [0.15, 0.2) is 41.1 Å². The first kappa shape index (κ1) is 31.3. The van der Waals surface area contributed by atoms with Gasteiger partial charge in [-0.2, -0.15) is 0 Å². The van der Waals surface area contributed by atoms with E-state index in [1.54, 1.807) is 0 Å². The van der Waals surface area contributed by atoms with Crippen LogP contribution in [0, 0.1) is 6.92 Å². The number of oxazole rings is 1. The number of rotatable bonds is 12. The Bertz CT molecular complexity index is 1450. The average molecular weight is 618 g/mol. The number of pyridine rings is 1. The van der Waals surface area contributed by atoms with Gasteiger partial charge in [-0.15, -0.1) is 0 Å². The number of aryl methyl sites for hydroxylation is 1. The smallest absolute Gasteiger partial charge is 0.251 e. The number of nitrogens with zero attached hydrogens (tertiary/aromatic N) is 5. The fraction of sp³-hybridized carbons (Fsp3) is 0.559. The van der Waals surface area contributed by atoms with Gasteiger partial charge in [0.25, 0.3) is 5.91 Å². The minimum atomic E-state index is -0.679. The summed E-state index contributed by atoms with van der Waals surface area (Å²) in [4.78, 5) is 29.3. The molecular weight excluding hydrogens is 570 g/mol. The van der Waals surface area contributed by atoms with Crippen LogP contribution in [-0.2, 0) is 19.6 Å². The first-order valence-electron chi connectivity index (χ1n) is 16.4. The summed E-state index contributed by atoms with van der Waals surface area (Å²) in [5, 5.41) is 17.4. The van der Waals surface area contributed by atoms with Crippen LogP contribution in [0.25, 0.3) is 0 Å². The molecule has 3 N–H and O–H groups in total. The highest BCUT2D eigenvalue weighted by molar-refractivity contribution is 5.95. The van der Waals surface area contributed by atoms with Gasteiger partial charge in [0.15, 0.2) is 12.2 Å². The van der Waals surface area contributed by atoms with E-state index in [1.807, 2.05) is 25.1 Å². The second-order valence-electron chi connectivity index (χ2n) is 12.9. The molecule has 2 aromatic heterocycles. The van der Waals surface area contributed by atoms with Crippen LogP contribution < -0.4 is 20.3 Å². The number of fused-ring (bicyclic) bond motifs is 1. The Labute approximate surface area is 266 Å². The van der Waals surface area contributed by atoms with Gasteiger partial charge >= 0.3 is 0 Å². The zero-order chi connectivity index (χ0) is 31.3. The third-order valence-electron chi connectivity index (χ3n) is 9.35. The molecule has 1 saturated carbocycles. The molecular formula is C34H47N7O4. The Morgan fingerprint density at radius 2 is 1.93 bits per heavy atom. The van der Waals surface area contributed by atoms with E-state index in [9.17, 15) is 9.90 Å². The van der Waals surface area contributed by atoms with E-state index in [0.29, 0.717) is 30.8 Å². The summed E-state index contributed by atoms with van der Waals surface area (Å²) in [5.41, 5.74) is 3.89. The molecule has 0 spiro atoms. The molecule has 2 aliphatic heterocycles. The van der Waals surface area contributed by atoms with Crippen molar-refractivity contribution in [2.45, 2.75) is 77.8 Å². The number of anilines is 2. The lowest BCUT2D eigenvalue weighted by atomic mass is 9.93. The van der Waals surface area contributed by atoms with Crippen LogP contribution in [0.3, 0.4) is 0 Å². The van der Waals surface area contributed by atoms with Crippen LogP contribution in [0.4, 0.5) is 11.6 Å². The molecule has 1 unspecified atom stereocenters. The average Bonchev–Trinajstić information content (AvgIpc) is 3.44. The van der Waals surface area contributed by atoms with Gasteiger partial charge in [-0.3, -0.25) is 14.6 Å². The molecule has 1 amide bonds. The summed E-state index contributed by atoms with van der Waals surface area (Å²) in [6.07, 6.45) is 5.11. The van der Waals surface area contributed by atoms with Crippen molar-refractivity contribution in [1.82, 2.24) is 25.1 Å². The topological polar surface area (TPSA) is 119 Å². The molecule has 45 heavy (non-hydrogen) atoms. The number of amides is 1. The molecule has 0 radical (unpaired) electrons. The first-order valence-corrected chi connectivity index (χ1v) is 16.4. The molecule has 0 bridgehead atoms. The number of aromatic nitrogens is 2. The maximum absolute atomic E-state index is 13.3. The molecule has 1 aromatic carbocycles. The van der Waals surface area contributed by atoms with Crippen LogP contribution in [0.2, 0.25) is 0 Å². The van der Waals surface area contributed by atoms with Crippen molar-refractivity contribution >= 4 is 17.5 Å². The normalized spacial score (nSPS) is 18.4. The summed E-state index contributed by atoms with van der Waals surface area (Å²) >= 11 is 0. The molecule has 1 aliphatic carbocycles. The van der Waals surface area contributed by atoms with Crippen molar-refractivity contribution in [2.75, 3.05) is 56.0 Å². The van der Waals surface area contributed by atoms with Crippen LogP contribution in [0.1, 0.15) is 66.0 Å². The maximum atomic E-state index is 13.3. The quantitative estimate of drug-likeness (QED) is 0.278. The Morgan fingerprint density at radius 3 is 2.64 bits per heavy atom. The number of piperazine rings is 1. The number of aliphatic hydroxyl groups excluding tert-OH is 1. The molecule has 3 aromatic rings. The molecule has 6 rings (SSSR count).